The Labute approximate surface area is 103 Å². The Balaban J connectivity index is 2.65. The van der Waals surface area contributed by atoms with E-state index in [-0.39, 0.29) is 5.69 Å². The molecule has 0 aliphatic carbocycles. The van der Waals surface area contributed by atoms with Gasteiger partial charge in [-0.05, 0) is 11.6 Å². The number of H-pyrrole nitrogens is 1. The molecule has 1 atom stereocenters. The normalized spacial score (nSPS) is 13.6. The van der Waals surface area contributed by atoms with E-state index in [0.717, 1.165) is 0 Å². The fraction of sp³-hybridized carbons (Fsp3) is 0.0833. The Bertz CT molecular complexity index is 539. The van der Waals surface area contributed by atoms with Gasteiger partial charge in [-0.25, -0.2) is 4.79 Å². The number of aromatic nitrogens is 2. The minimum Gasteiger partial charge on any atom is -0.479 e. The number of carboxylic acid groups (broad SMARTS) is 1. The number of carbonyl (C=O) groups excluding carboxylic acids is 1. The molecular formula is C12H11N3O3. The third-order valence-corrected chi connectivity index (χ3v) is 2.71. The second kappa shape index (κ2) is 4.70. The summed E-state index contributed by atoms with van der Waals surface area (Å²) in [4.78, 5) is 22.4. The summed E-state index contributed by atoms with van der Waals surface area (Å²) in [7, 11) is 0. The molecule has 1 aromatic heterocycles. The zero-order chi connectivity index (χ0) is 13.0. The van der Waals surface area contributed by atoms with Crippen LogP contribution in [0.25, 0.3) is 0 Å². The fourth-order valence-electron chi connectivity index (χ4n) is 1.86. The van der Waals surface area contributed by atoms with Crippen LogP contribution >= 0.6 is 0 Å². The monoisotopic (exact) mass is 245 g/mol. The lowest BCUT2D eigenvalue weighted by atomic mass is 9.87. The van der Waals surface area contributed by atoms with Crippen molar-refractivity contribution >= 4 is 12.4 Å². The fourth-order valence-corrected chi connectivity index (χ4v) is 1.86. The van der Waals surface area contributed by atoms with Crippen molar-refractivity contribution in [3.63, 3.8) is 0 Å². The quantitative estimate of drug-likeness (QED) is 0.668. The number of benzene rings is 1. The van der Waals surface area contributed by atoms with Crippen LogP contribution in [0.4, 0.5) is 0 Å². The molecule has 0 saturated heterocycles. The van der Waals surface area contributed by atoms with E-state index in [9.17, 15) is 14.7 Å². The van der Waals surface area contributed by atoms with Crippen LogP contribution in [-0.4, -0.2) is 27.7 Å². The highest BCUT2D eigenvalue weighted by molar-refractivity contribution is 5.87. The number of aromatic amines is 1. The highest BCUT2D eigenvalue weighted by atomic mass is 16.4. The van der Waals surface area contributed by atoms with E-state index in [4.69, 9.17) is 0 Å². The molecule has 1 amide bonds. The van der Waals surface area contributed by atoms with Gasteiger partial charge in [-0.3, -0.25) is 9.89 Å². The van der Waals surface area contributed by atoms with Gasteiger partial charge in [0.25, 0.3) is 0 Å². The maximum Gasteiger partial charge on any atom is 0.340 e. The van der Waals surface area contributed by atoms with Crippen molar-refractivity contribution in [1.29, 1.82) is 0 Å². The van der Waals surface area contributed by atoms with Gasteiger partial charge in [-0.1, -0.05) is 30.3 Å². The van der Waals surface area contributed by atoms with Gasteiger partial charge >= 0.3 is 5.97 Å². The third-order valence-electron chi connectivity index (χ3n) is 2.71. The average molecular weight is 245 g/mol. The molecule has 0 fully saturated rings. The molecule has 0 aliphatic heterocycles. The van der Waals surface area contributed by atoms with Gasteiger partial charge in [0, 0.05) is 6.20 Å². The molecule has 6 nitrogen and oxygen atoms in total. The average Bonchev–Trinajstić information content (AvgIpc) is 2.90. The number of nitrogens with zero attached hydrogens (tertiary/aromatic N) is 1. The van der Waals surface area contributed by atoms with E-state index >= 15 is 0 Å². The van der Waals surface area contributed by atoms with Crippen LogP contribution in [0.3, 0.4) is 0 Å². The summed E-state index contributed by atoms with van der Waals surface area (Å²) in [5.41, 5.74) is -0.929. The molecule has 18 heavy (non-hydrogen) atoms. The highest BCUT2D eigenvalue weighted by Gasteiger charge is 2.43. The first-order chi connectivity index (χ1) is 8.71. The number of hydrogen-bond donors (Lipinski definition) is 3. The van der Waals surface area contributed by atoms with Crippen molar-refractivity contribution in [1.82, 2.24) is 15.5 Å². The molecule has 6 heteroatoms. The topological polar surface area (TPSA) is 95.1 Å². The van der Waals surface area contributed by atoms with Crippen LogP contribution in [0.5, 0.6) is 0 Å². The summed E-state index contributed by atoms with van der Waals surface area (Å²) >= 11 is 0. The Hall–Kier alpha value is -2.63. The molecule has 92 valence electrons. The molecule has 0 aliphatic rings. The van der Waals surface area contributed by atoms with E-state index in [1.165, 1.54) is 12.3 Å². The molecule has 0 spiro atoms. The molecule has 0 radical (unpaired) electrons. The summed E-state index contributed by atoms with van der Waals surface area (Å²) in [6.45, 7) is 0. The van der Waals surface area contributed by atoms with E-state index in [1.807, 2.05) is 0 Å². The van der Waals surface area contributed by atoms with E-state index in [0.29, 0.717) is 12.0 Å². The van der Waals surface area contributed by atoms with Gasteiger partial charge in [0.05, 0.1) is 5.69 Å². The maximum atomic E-state index is 11.6. The molecule has 1 heterocycles. The van der Waals surface area contributed by atoms with Gasteiger partial charge in [-0.2, -0.15) is 5.10 Å². The van der Waals surface area contributed by atoms with Crippen molar-refractivity contribution < 1.29 is 14.7 Å². The zero-order valence-electron chi connectivity index (χ0n) is 9.33. The van der Waals surface area contributed by atoms with Crippen LogP contribution in [0.1, 0.15) is 11.3 Å². The maximum absolute atomic E-state index is 11.6. The minimum absolute atomic E-state index is 0.285. The van der Waals surface area contributed by atoms with Gasteiger partial charge in [-0.15, -0.1) is 0 Å². The predicted octanol–water partition coefficient (Wildman–Crippen LogP) is 0.484. The first-order valence-corrected chi connectivity index (χ1v) is 5.22. The Morgan fingerprint density at radius 3 is 2.56 bits per heavy atom. The van der Waals surface area contributed by atoms with Crippen molar-refractivity contribution in [2.45, 2.75) is 5.54 Å². The summed E-state index contributed by atoms with van der Waals surface area (Å²) in [6.07, 6.45) is 1.80. The summed E-state index contributed by atoms with van der Waals surface area (Å²) in [6, 6.07) is 9.95. The smallest absolute Gasteiger partial charge is 0.340 e. The second-order valence-corrected chi connectivity index (χ2v) is 3.65. The number of rotatable bonds is 5. The van der Waals surface area contributed by atoms with Crippen LogP contribution in [-0.2, 0) is 15.1 Å². The second-order valence-electron chi connectivity index (χ2n) is 3.65. The van der Waals surface area contributed by atoms with E-state index in [1.54, 1.807) is 30.3 Å². The number of hydrogen-bond acceptors (Lipinski definition) is 3. The largest absolute Gasteiger partial charge is 0.479 e. The number of amides is 1. The lowest BCUT2D eigenvalue weighted by Gasteiger charge is -2.27. The number of carbonyl (C=O) groups is 2. The molecule has 2 rings (SSSR count). The van der Waals surface area contributed by atoms with E-state index < -0.39 is 11.5 Å². The zero-order valence-corrected chi connectivity index (χ0v) is 9.33. The van der Waals surface area contributed by atoms with E-state index in [2.05, 4.69) is 15.5 Å². The van der Waals surface area contributed by atoms with Gasteiger partial charge < -0.3 is 10.4 Å². The Kier molecular flexibility index (Phi) is 3.09. The van der Waals surface area contributed by atoms with Crippen LogP contribution < -0.4 is 5.32 Å². The first-order valence-electron chi connectivity index (χ1n) is 5.22. The molecule has 3 N–H and O–H groups in total. The standard InChI is InChI=1S/C12H11N3O3/c16-8-13-12(11(17)18,10-6-7-14-15-10)9-4-2-1-3-5-9/h1-8H,(H,13,16)(H,14,15)(H,17,18). The summed E-state index contributed by atoms with van der Waals surface area (Å²) in [5.74, 6) is -1.19. The van der Waals surface area contributed by atoms with Crippen LogP contribution in [0, 0.1) is 0 Å². The third kappa shape index (κ3) is 1.73. The number of carboxylic acids is 1. The molecule has 0 bridgehead atoms. The van der Waals surface area contributed by atoms with Crippen LogP contribution in [0.15, 0.2) is 42.6 Å². The van der Waals surface area contributed by atoms with Crippen molar-refractivity contribution in [2.75, 3.05) is 0 Å². The summed E-state index contributed by atoms with van der Waals surface area (Å²) < 4.78 is 0. The van der Waals surface area contributed by atoms with Gasteiger partial charge in [0.1, 0.15) is 0 Å². The number of nitrogens with one attached hydrogen (secondary N) is 2. The Morgan fingerprint density at radius 2 is 2.06 bits per heavy atom. The minimum atomic E-state index is -1.65. The predicted molar refractivity (Wildman–Crippen MR) is 62.6 cm³/mol. The Morgan fingerprint density at radius 1 is 1.33 bits per heavy atom. The lowest BCUT2D eigenvalue weighted by Crippen LogP contribution is -2.50. The van der Waals surface area contributed by atoms with Crippen molar-refractivity contribution in [3.8, 4) is 0 Å². The van der Waals surface area contributed by atoms with Gasteiger partial charge in [0.15, 0.2) is 0 Å². The molecule has 1 aromatic carbocycles. The SMILES string of the molecule is O=CNC(C(=O)O)(c1ccccc1)c1ccn[nH]1. The molecular weight excluding hydrogens is 234 g/mol. The molecule has 1 unspecified atom stereocenters. The van der Waals surface area contributed by atoms with Gasteiger partial charge in [0.2, 0.25) is 11.9 Å². The lowest BCUT2D eigenvalue weighted by molar-refractivity contribution is -0.144. The van der Waals surface area contributed by atoms with Crippen molar-refractivity contribution in [3.05, 3.63) is 53.9 Å². The summed E-state index contributed by atoms with van der Waals surface area (Å²) in [5, 5.41) is 18.2. The molecule has 0 saturated carbocycles. The molecule has 2 aromatic rings. The first kappa shape index (κ1) is 11.8. The van der Waals surface area contributed by atoms with Crippen molar-refractivity contribution in [2.24, 2.45) is 0 Å². The number of aliphatic carboxylic acids is 1. The highest BCUT2D eigenvalue weighted by Crippen LogP contribution is 2.28. The van der Waals surface area contributed by atoms with Crippen LogP contribution in [0.2, 0.25) is 0 Å².